The first-order chi connectivity index (χ1) is 9.81. The van der Waals surface area contributed by atoms with Crippen LogP contribution in [0.2, 0.25) is 0 Å². The Labute approximate surface area is 115 Å². The summed E-state index contributed by atoms with van der Waals surface area (Å²) in [7, 11) is 0. The monoisotopic (exact) mass is 269 g/mol. The molecule has 0 aromatic carbocycles. The highest BCUT2D eigenvalue weighted by molar-refractivity contribution is 5.54. The molecule has 1 aliphatic rings. The molecule has 4 rings (SSSR count). The van der Waals surface area contributed by atoms with E-state index in [1.165, 1.54) is 5.56 Å². The van der Waals surface area contributed by atoms with E-state index in [0.717, 1.165) is 42.4 Å². The maximum Gasteiger partial charge on any atom is 0.254 e. The van der Waals surface area contributed by atoms with Gasteiger partial charge in [0, 0.05) is 5.56 Å². The Morgan fingerprint density at radius 1 is 1.35 bits per heavy atom. The molecule has 6 heteroatoms. The Morgan fingerprint density at radius 3 is 3.15 bits per heavy atom. The van der Waals surface area contributed by atoms with Gasteiger partial charge in [0.05, 0.1) is 18.5 Å². The first kappa shape index (κ1) is 11.5. The van der Waals surface area contributed by atoms with Crippen molar-refractivity contribution in [1.82, 2.24) is 19.6 Å². The molecule has 1 aliphatic carbocycles. The zero-order valence-electron chi connectivity index (χ0n) is 11.3. The van der Waals surface area contributed by atoms with Gasteiger partial charge in [0.1, 0.15) is 17.4 Å². The van der Waals surface area contributed by atoms with Crippen molar-refractivity contribution in [3.8, 4) is 0 Å². The molecular formula is C14H15N5O. The van der Waals surface area contributed by atoms with E-state index in [2.05, 4.69) is 20.4 Å². The molecular weight excluding hydrogens is 254 g/mol. The number of furan rings is 1. The second-order valence-electron chi connectivity index (χ2n) is 5.04. The van der Waals surface area contributed by atoms with Crippen LogP contribution in [0, 0.1) is 6.92 Å². The molecule has 3 aromatic rings. The number of rotatable bonds is 3. The third kappa shape index (κ3) is 1.76. The summed E-state index contributed by atoms with van der Waals surface area (Å²) in [5.74, 6) is 3.31. The third-order valence-corrected chi connectivity index (χ3v) is 3.63. The van der Waals surface area contributed by atoms with E-state index in [-0.39, 0.29) is 0 Å². The van der Waals surface area contributed by atoms with Crippen LogP contribution in [0.5, 0.6) is 0 Å². The van der Waals surface area contributed by atoms with Crippen LogP contribution in [-0.4, -0.2) is 19.6 Å². The zero-order chi connectivity index (χ0) is 13.5. The summed E-state index contributed by atoms with van der Waals surface area (Å²) < 4.78 is 7.18. The van der Waals surface area contributed by atoms with Gasteiger partial charge in [-0.1, -0.05) is 0 Å². The minimum atomic E-state index is 0.636. The SMILES string of the molecule is Cc1nc2nc3c(c(NCc4ccco4)n2n1)CCC3. The molecule has 20 heavy (non-hydrogen) atoms. The molecule has 0 radical (unpaired) electrons. The first-order valence-corrected chi connectivity index (χ1v) is 6.82. The largest absolute Gasteiger partial charge is 0.467 e. The van der Waals surface area contributed by atoms with Crippen LogP contribution < -0.4 is 5.32 Å². The third-order valence-electron chi connectivity index (χ3n) is 3.63. The number of aryl methyl sites for hydroxylation is 2. The fourth-order valence-corrected chi connectivity index (χ4v) is 2.75. The van der Waals surface area contributed by atoms with Crippen LogP contribution in [0.1, 0.15) is 29.3 Å². The summed E-state index contributed by atoms with van der Waals surface area (Å²) in [4.78, 5) is 8.98. The smallest absolute Gasteiger partial charge is 0.254 e. The molecule has 6 nitrogen and oxygen atoms in total. The summed E-state index contributed by atoms with van der Waals surface area (Å²) in [5.41, 5.74) is 2.40. The van der Waals surface area contributed by atoms with Gasteiger partial charge in [-0.15, -0.1) is 5.10 Å². The molecule has 0 atom stereocenters. The van der Waals surface area contributed by atoms with E-state index in [9.17, 15) is 0 Å². The number of anilines is 1. The Kier molecular flexibility index (Phi) is 2.48. The Morgan fingerprint density at radius 2 is 2.30 bits per heavy atom. The van der Waals surface area contributed by atoms with Crippen LogP contribution in [0.4, 0.5) is 5.82 Å². The topological polar surface area (TPSA) is 68.2 Å². The van der Waals surface area contributed by atoms with Crippen LogP contribution >= 0.6 is 0 Å². The van der Waals surface area contributed by atoms with E-state index < -0.39 is 0 Å². The molecule has 0 spiro atoms. The lowest BCUT2D eigenvalue weighted by Crippen LogP contribution is -2.10. The van der Waals surface area contributed by atoms with Crippen molar-refractivity contribution >= 4 is 11.6 Å². The normalized spacial score (nSPS) is 13.8. The fraction of sp³-hybridized carbons (Fsp3) is 0.357. The average Bonchev–Trinajstić information content (AvgIpc) is 3.13. The Bertz CT molecular complexity index is 760. The summed E-state index contributed by atoms with van der Waals surface area (Å²) in [6.45, 7) is 2.52. The highest BCUT2D eigenvalue weighted by Crippen LogP contribution is 2.28. The van der Waals surface area contributed by atoms with E-state index in [1.807, 2.05) is 23.6 Å². The van der Waals surface area contributed by atoms with Crippen LogP contribution in [0.15, 0.2) is 22.8 Å². The zero-order valence-corrected chi connectivity index (χ0v) is 11.3. The summed E-state index contributed by atoms with van der Waals surface area (Å²) >= 11 is 0. The highest BCUT2D eigenvalue weighted by atomic mass is 16.3. The number of aromatic nitrogens is 4. The lowest BCUT2D eigenvalue weighted by molar-refractivity contribution is 0.517. The van der Waals surface area contributed by atoms with E-state index in [4.69, 9.17) is 4.42 Å². The van der Waals surface area contributed by atoms with Crippen LogP contribution in [0.3, 0.4) is 0 Å². The van der Waals surface area contributed by atoms with Crippen molar-refractivity contribution in [2.75, 3.05) is 5.32 Å². The van der Waals surface area contributed by atoms with Gasteiger partial charge >= 0.3 is 0 Å². The predicted molar refractivity (Wildman–Crippen MR) is 73.6 cm³/mol. The van der Waals surface area contributed by atoms with E-state index in [0.29, 0.717) is 12.3 Å². The minimum Gasteiger partial charge on any atom is -0.467 e. The maximum absolute atomic E-state index is 5.37. The molecule has 3 heterocycles. The quantitative estimate of drug-likeness (QED) is 0.788. The van der Waals surface area contributed by atoms with Crippen molar-refractivity contribution in [3.05, 3.63) is 41.2 Å². The molecule has 0 saturated heterocycles. The average molecular weight is 269 g/mol. The molecule has 102 valence electrons. The molecule has 0 fully saturated rings. The molecule has 1 N–H and O–H groups in total. The summed E-state index contributed by atoms with van der Waals surface area (Å²) in [6.07, 6.45) is 4.89. The van der Waals surface area contributed by atoms with Gasteiger partial charge in [0.25, 0.3) is 5.78 Å². The van der Waals surface area contributed by atoms with Gasteiger partial charge < -0.3 is 9.73 Å². The number of nitrogens with one attached hydrogen (secondary N) is 1. The lowest BCUT2D eigenvalue weighted by Gasteiger charge is -2.11. The summed E-state index contributed by atoms with van der Waals surface area (Å²) in [6, 6.07) is 3.85. The number of hydrogen-bond acceptors (Lipinski definition) is 5. The number of fused-ring (bicyclic) bond motifs is 2. The van der Waals surface area contributed by atoms with Crippen molar-refractivity contribution < 1.29 is 4.42 Å². The van der Waals surface area contributed by atoms with Gasteiger partial charge in [-0.05, 0) is 38.3 Å². The van der Waals surface area contributed by atoms with Gasteiger partial charge in [-0.25, -0.2) is 4.98 Å². The van der Waals surface area contributed by atoms with Gasteiger partial charge in [-0.2, -0.15) is 9.50 Å². The Hall–Kier alpha value is -2.37. The second-order valence-corrected chi connectivity index (χ2v) is 5.04. The molecule has 0 aliphatic heterocycles. The molecule has 0 amide bonds. The van der Waals surface area contributed by atoms with Gasteiger partial charge in [0.2, 0.25) is 0 Å². The molecule has 3 aromatic heterocycles. The van der Waals surface area contributed by atoms with Crippen molar-refractivity contribution in [1.29, 1.82) is 0 Å². The Balaban J connectivity index is 1.79. The number of nitrogens with zero attached hydrogens (tertiary/aromatic N) is 4. The van der Waals surface area contributed by atoms with Gasteiger partial charge in [0.15, 0.2) is 0 Å². The van der Waals surface area contributed by atoms with Gasteiger partial charge in [-0.3, -0.25) is 0 Å². The van der Waals surface area contributed by atoms with Crippen LogP contribution in [-0.2, 0) is 19.4 Å². The van der Waals surface area contributed by atoms with Crippen molar-refractivity contribution in [3.63, 3.8) is 0 Å². The highest BCUT2D eigenvalue weighted by Gasteiger charge is 2.21. The van der Waals surface area contributed by atoms with E-state index in [1.54, 1.807) is 6.26 Å². The number of hydrogen-bond donors (Lipinski definition) is 1. The second kappa shape index (κ2) is 4.33. The standard InChI is InChI=1S/C14H15N5O/c1-9-16-14-17-12-6-2-5-11(12)13(19(14)18-9)15-8-10-4-3-7-20-10/h3-4,7,15H,2,5-6,8H2,1H3. The minimum absolute atomic E-state index is 0.636. The first-order valence-electron chi connectivity index (χ1n) is 6.82. The van der Waals surface area contributed by atoms with Crippen LogP contribution in [0.25, 0.3) is 5.78 Å². The molecule has 0 saturated carbocycles. The maximum atomic E-state index is 5.37. The predicted octanol–water partition coefficient (Wildman–Crippen LogP) is 2.13. The lowest BCUT2D eigenvalue weighted by atomic mass is 10.2. The van der Waals surface area contributed by atoms with Crippen molar-refractivity contribution in [2.45, 2.75) is 32.7 Å². The fourth-order valence-electron chi connectivity index (χ4n) is 2.75. The van der Waals surface area contributed by atoms with E-state index >= 15 is 0 Å². The van der Waals surface area contributed by atoms with Crippen molar-refractivity contribution in [2.24, 2.45) is 0 Å². The molecule has 0 bridgehead atoms. The summed E-state index contributed by atoms with van der Waals surface area (Å²) in [5, 5.41) is 7.87. The molecule has 0 unspecified atom stereocenters.